The van der Waals surface area contributed by atoms with Gasteiger partial charge in [0.25, 0.3) is 0 Å². The van der Waals surface area contributed by atoms with Crippen LogP contribution < -0.4 is 0 Å². The molecule has 0 saturated heterocycles. The number of benzene rings is 1. The summed E-state index contributed by atoms with van der Waals surface area (Å²) in [6.07, 6.45) is 4.08. The van der Waals surface area contributed by atoms with Crippen LogP contribution in [0.2, 0.25) is 0 Å². The summed E-state index contributed by atoms with van der Waals surface area (Å²) in [4.78, 5) is 0. The summed E-state index contributed by atoms with van der Waals surface area (Å²) in [6, 6.07) is 8.45. The molecule has 2 aromatic rings. The standard InChI is InChI=1S/C13H17N3S/c1-4-6-12-14-15-13(17-3)16(12)11-8-5-7-10(2)9-11/h5,7-9H,4,6H2,1-3H3. The monoisotopic (exact) mass is 247 g/mol. The fourth-order valence-electron chi connectivity index (χ4n) is 1.84. The number of aromatic nitrogens is 3. The van der Waals surface area contributed by atoms with E-state index in [2.05, 4.69) is 52.9 Å². The molecule has 0 N–H and O–H groups in total. The minimum absolute atomic E-state index is 0.957. The summed E-state index contributed by atoms with van der Waals surface area (Å²) in [5.41, 5.74) is 2.41. The Bertz CT molecular complexity index is 505. The number of aryl methyl sites for hydroxylation is 2. The van der Waals surface area contributed by atoms with Gasteiger partial charge in [0.05, 0.1) is 0 Å². The Morgan fingerprint density at radius 2 is 2.12 bits per heavy atom. The molecule has 0 bridgehead atoms. The molecule has 0 amide bonds. The van der Waals surface area contributed by atoms with Crippen molar-refractivity contribution in [3.8, 4) is 5.69 Å². The van der Waals surface area contributed by atoms with E-state index in [9.17, 15) is 0 Å². The molecule has 0 fully saturated rings. The van der Waals surface area contributed by atoms with E-state index in [0.29, 0.717) is 0 Å². The Kier molecular flexibility index (Phi) is 3.84. The van der Waals surface area contributed by atoms with Crippen molar-refractivity contribution in [1.29, 1.82) is 0 Å². The highest BCUT2D eigenvalue weighted by Crippen LogP contribution is 2.21. The minimum Gasteiger partial charge on any atom is -0.274 e. The molecule has 0 atom stereocenters. The average Bonchev–Trinajstić information content (AvgIpc) is 2.72. The van der Waals surface area contributed by atoms with Gasteiger partial charge < -0.3 is 0 Å². The first-order valence-electron chi connectivity index (χ1n) is 5.81. The SMILES string of the molecule is CCCc1nnc(SC)n1-c1cccc(C)c1. The molecule has 2 rings (SSSR count). The molecular weight excluding hydrogens is 230 g/mol. The van der Waals surface area contributed by atoms with Crippen molar-refractivity contribution in [2.24, 2.45) is 0 Å². The summed E-state index contributed by atoms with van der Waals surface area (Å²) in [5.74, 6) is 1.04. The molecule has 1 aromatic heterocycles. The lowest BCUT2D eigenvalue weighted by Gasteiger charge is -2.09. The third kappa shape index (κ3) is 2.52. The fourth-order valence-corrected chi connectivity index (χ4v) is 2.36. The van der Waals surface area contributed by atoms with E-state index >= 15 is 0 Å². The van der Waals surface area contributed by atoms with Crippen LogP contribution in [0.25, 0.3) is 5.69 Å². The molecule has 4 heteroatoms. The van der Waals surface area contributed by atoms with E-state index in [0.717, 1.165) is 29.5 Å². The van der Waals surface area contributed by atoms with Crippen LogP contribution in [0.5, 0.6) is 0 Å². The Morgan fingerprint density at radius 3 is 2.76 bits per heavy atom. The van der Waals surface area contributed by atoms with Gasteiger partial charge in [0.15, 0.2) is 5.16 Å². The van der Waals surface area contributed by atoms with Gasteiger partial charge in [-0.1, -0.05) is 30.8 Å². The van der Waals surface area contributed by atoms with Crippen LogP contribution in [0.15, 0.2) is 29.4 Å². The third-order valence-electron chi connectivity index (χ3n) is 2.62. The van der Waals surface area contributed by atoms with Crippen molar-refractivity contribution in [3.63, 3.8) is 0 Å². The van der Waals surface area contributed by atoms with Gasteiger partial charge in [0, 0.05) is 12.1 Å². The quantitative estimate of drug-likeness (QED) is 0.777. The lowest BCUT2D eigenvalue weighted by molar-refractivity contribution is 0.784. The van der Waals surface area contributed by atoms with Crippen molar-refractivity contribution in [3.05, 3.63) is 35.7 Å². The van der Waals surface area contributed by atoms with E-state index in [4.69, 9.17) is 0 Å². The number of hydrogen-bond acceptors (Lipinski definition) is 3. The van der Waals surface area contributed by atoms with Gasteiger partial charge in [-0.3, -0.25) is 4.57 Å². The second-order valence-corrected chi connectivity index (χ2v) is 4.80. The zero-order valence-electron chi connectivity index (χ0n) is 10.5. The average molecular weight is 247 g/mol. The van der Waals surface area contributed by atoms with Crippen LogP contribution >= 0.6 is 11.8 Å². The van der Waals surface area contributed by atoms with Crippen molar-refractivity contribution in [1.82, 2.24) is 14.8 Å². The molecule has 1 heterocycles. The fraction of sp³-hybridized carbons (Fsp3) is 0.385. The summed E-state index contributed by atoms with van der Waals surface area (Å²) in [6.45, 7) is 4.26. The van der Waals surface area contributed by atoms with E-state index in [-0.39, 0.29) is 0 Å². The van der Waals surface area contributed by atoms with Gasteiger partial charge in [-0.2, -0.15) is 0 Å². The van der Waals surface area contributed by atoms with Gasteiger partial charge in [-0.25, -0.2) is 0 Å². The van der Waals surface area contributed by atoms with E-state index in [1.54, 1.807) is 11.8 Å². The highest BCUT2D eigenvalue weighted by atomic mass is 32.2. The van der Waals surface area contributed by atoms with Crippen molar-refractivity contribution in [2.45, 2.75) is 31.8 Å². The summed E-state index contributed by atoms with van der Waals surface area (Å²) < 4.78 is 2.15. The molecule has 0 spiro atoms. The molecule has 17 heavy (non-hydrogen) atoms. The van der Waals surface area contributed by atoms with Crippen LogP contribution in [0.3, 0.4) is 0 Å². The molecule has 1 aromatic carbocycles. The zero-order chi connectivity index (χ0) is 12.3. The van der Waals surface area contributed by atoms with Crippen LogP contribution in [-0.4, -0.2) is 21.0 Å². The van der Waals surface area contributed by atoms with Crippen molar-refractivity contribution in [2.75, 3.05) is 6.26 Å². The third-order valence-corrected chi connectivity index (χ3v) is 3.25. The maximum Gasteiger partial charge on any atom is 0.195 e. The maximum absolute atomic E-state index is 4.27. The number of thioether (sulfide) groups is 1. The molecule has 0 radical (unpaired) electrons. The van der Waals surface area contributed by atoms with Gasteiger partial charge in [0.2, 0.25) is 0 Å². The molecule has 0 unspecified atom stereocenters. The number of nitrogens with zero attached hydrogens (tertiary/aromatic N) is 3. The molecule has 90 valence electrons. The zero-order valence-corrected chi connectivity index (χ0v) is 11.3. The Balaban J connectivity index is 2.51. The van der Waals surface area contributed by atoms with Crippen LogP contribution in [-0.2, 0) is 6.42 Å². The lowest BCUT2D eigenvalue weighted by Crippen LogP contribution is -2.02. The minimum atomic E-state index is 0.957. The lowest BCUT2D eigenvalue weighted by atomic mass is 10.2. The molecule has 0 aliphatic rings. The van der Waals surface area contributed by atoms with Gasteiger partial charge in [-0.15, -0.1) is 10.2 Å². The highest BCUT2D eigenvalue weighted by molar-refractivity contribution is 7.98. The molecular formula is C13H17N3S. The van der Waals surface area contributed by atoms with Crippen LogP contribution in [0, 0.1) is 6.92 Å². The van der Waals surface area contributed by atoms with Gasteiger partial charge >= 0.3 is 0 Å². The van der Waals surface area contributed by atoms with Crippen molar-refractivity contribution < 1.29 is 0 Å². The Hall–Kier alpha value is -1.29. The first-order valence-corrected chi connectivity index (χ1v) is 7.04. The first-order chi connectivity index (χ1) is 8.26. The normalized spacial score (nSPS) is 10.8. The van der Waals surface area contributed by atoms with Crippen LogP contribution in [0.1, 0.15) is 24.7 Å². The molecule has 3 nitrogen and oxygen atoms in total. The van der Waals surface area contributed by atoms with E-state index < -0.39 is 0 Å². The topological polar surface area (TPSA) is 30.7 Å². The second-order valence-electron chi connectivity index (χ2n) is 4.03. The first kappa shape index (κ1) is 12.2. The van der Waals surface area contributed by atoms with Crippen LogP contribution in [0.4, 0.5) is 0 Å². The number of rotatable bonds is 4. The Labute approximate surface area is 106 Å². The second kappa shape index (κ2) is 5.36. The Morgan fingerprint density at radius 1 is 1.29 bits per heavy atom. The number of hydrogen-bond donors (Lipinski definition) is 0. The maximum atomic E-state index is 4.27. The molecule has 0 aliphatic heterocycles. The van der Waals surface area contributed by atoms with E-state index in [1.807, 2.05) is 6.26 Å². The summed E-state index contributed by atoms with van der Waals surface area (Å²) in [5, 5.41) is 9.47. The van der Waals surface area contributed by atoms with Crippen molar-refractivity contribution >= 4 is 11.8 Å². The summed E-state index contributed by atoms with van der Waals surface area (Å²) in [7, 11) is 0. The highest BCUT2D eigenvalue weighted by Gasteiger charge is 2.12. The molecule has 0 aliphatic carbocycles. The smallest absolute Gasteiger partial charge is 0.195 e. The summed E-state index contributed by atoms with van der Waals surface area (Å²) >= 11 is 1.63. The largest absolute Gasteiger partial charge is 0.274 e. The predicted molar refractivity (Wildman–Crippen MR) is 71.9 cm³/mol. The predicted octanol–water partition coefficient (Wildman–Crippen LogP) is 3.25. The van der Waals surface area contributed by atoms with E-state index in [1.165, 1.54) is 5.56 Å². The van der Waals surface area contributed by atoms with Gasteiger partial charge in [-0.05, 0) is 37.3 Å². The molecule has 0 saturated carbocycles. The van der Waals surface area contributed by atoms with Gasteiger partial charge in [0.1, 0.15) is 5.82 Å².